The van der Waals surface area contributed by atoms with Crippen molar-refractivity contribution in [2.45, 2.75) is 46.1 Å². The molecule has 0 unspecified atom stereocenters. The largest absolute Gasteiger partial charge is 0.336 e. The first-order valence-corrected chi connectivity index (χ1v) is 5.92. The second-order valence-corrected chi connectivity index (χ2v) is 4.95. The van der Waals surface area contributed by atoms with Crippen LogP contribution in [0.3, 0.4) is 0 Å². The number of carbonyl (C=O) groups is 1. The van der Waals surface area contributed by atoms with Crippen molar-refractivity contribution >= 4 is 5.78 Å². The normalized spacial score (nSPS) is 11.3. The Morgan fingerprint density at radius 1 is 1.24 bits per heavy atom. The zero-order valence-corrected chi connectivity index (χ0v) is 10.9. The number of hydrogen-bond donors (Lipinski definition) is 0. The first-order chi connectivity index (χ1) is 7.94. The molecule has 94 valence electrons. The van der Waals surface area contributed by atoms with Crippen LogP contribution in [0, 0.1) is 0 Å². The van der Waals surface area contributed by atoms with Gasteiger partial charge in [0, 0.05) is 6.42 Å². The Hall–Kier alpha value is -1.35. The minimum Gasteiger partial charge on any atom is -0.336 e. The number of benzene rings is 1. The van der Waals surface area contributed by atoms with Crippen molar-refractivity contribution in [2.24, 2.45) is 0 Å². The average Bonchev–Trinajstić information content (AvgIpc) is 2.26. The molecule has 3 heteroatoms. The van der Waals surface area contributed by atoms with Crippen LogP contribution in [-0.4, -0.2) is 11.4 Å². The van der Waals surface area contributed by atoms with E-state index in [1.54, 1.807) is 12.1 Å². The molecule has 1 rings (SSSR count). The van der Waals surface area contributed by atoms with E-state index in [0.29, 0.717) is 17.7 Å². The molecule has 1 aromatic rings. The lowest BCUT2D eigenvalue weighted by Crippen LogP contribution is -2.22. The third kappa shape index (κ3) is 4.57. The van der Waals surface area contributed by atoms with Crippen molar-refractivity contribution in [3.8, 4) is 5.75 Å². The fourth-order valence-corrected chi connectivity index (χ4v) is 1.30. The topological polar surface area (TPSA) is 35.5 Å². The Bertz CT molecular complexity index is 377. The van der Waals surface area contributed by atoms with Crippen molar-refractivity contribution in [3.05, 3.63) is 29.8 Å². The highest BCUT2D eigenvalue weighted by Crippen LogP contribution is 2.22. The van der Waals surface area contributed by atoms with Gasteiger partial charge in [-0.25, -0.2) is 0 Å². The molecule has 0 N–H and O–H groups in total. The molecule has 0 aliphatic carbocycles. The lowest BCUT2D eigenvalue weighted by atomic mass is 10.1. The standard InChI is InChI=1S/C14H20O3/c1-5-8-12(15)11-9-6-7-10-13(11)16-17-14(2,3)4/h6-7,9-10H,5,8H2,1-4H3. The summed E-state index contributed by atoms with van der Waals surface area (Å²) in [6.45, 7) is 7.66. The van der Waals surface area contributed by atoms with Gasteiger partial charge in [-0.05, 0) is 39.3 Å². The molecule has 0 heterocycles. The zero-order chi connectivity index (χ0) is 12.9. The maximum atomic E-state index is 11.9. The summed E-state index contributed by atoms with van der Waals surface area (Å²) in [5.74, 6) is 0.571. The van der Waals surface area contributed by atoms with Gasteiger partial charge in [-0.3, -0.25) is 4.79 Å². The molecule has 0 fully saturated rings. The van der Waals surface area contributed by atoms with Crippen LogP contribution in [-0.2, 0) is 4.89 Å². The monoisotopic (exact) mass is 236 g/mol. The Kier molecular flexibility index (Phi) is 4.70. The summed E-state index contributed by atoms with van der Waals surface area (Å²) in [4.78, 5) is 22.3. The first kappa shape index (κ1) is 13.7. The summed E-state index contributed by atoms with van der Waals surface area (Å²) in [5, 5.41) is 0. The lowest BCUT2D eigenvalue weighted by molar-refractivity contribution is -0.274. The van der Waals surface area contributed by atoms with Gasteiger partial charge in [0.1, 0.15) is 5.60 Å². The lowest BCUT2D eigenvalue weighted by Gasteiger charge is -2.18. The SMILES string of the molecule is CCCC(=O)c1ccccc1OOC(C)(C)C. The number of Topliss-reactive ketones (excluding diaryl/α,β-unsaturated/α-hetero) is 1. The quantitative estimate of drug-likeness (QED) is 0.443. The number of rotatable bonds is 5. The summed E-state index contributed by atoms with van der Waals surface area (Å²) in [5.41, 5.74) is 0.180. The molecular formula is C14H20O3. The van der Waals surface area contributed by atoms with Gasteiger partial charge in [0.25, 0.3) is 0 Å². The highest BCUT2D eigenvalue weighted by atomic mass is 17.2. The van der Waals surface area contributed by atoms with Gasteiger partial charge < -0.3 is 4.89 Å². The van der Waals surface area contributed by atoms with Crippen LogP contribution >= 0.6 is 0 Å². The van der Waals surface area contributed by atoms with Gasteiger partial charge in [-0.2, -0.15) is 4.89 Å². The van der Waals surface area contributed by atoms with Crippen molar-refractivity contribution in [2.75, 3.05) is 0 Å². The molecular weight excluding hydrogens is 216 g/mol. The molecule has 0 aliphatic heterocycles. The van der Waals surface area contributed by atoms with Crippen molar-refractivity contribution in [1.82, 2.24) is 0 Å². The van der Waals surface area contributed by atoms with Crippen molar-refractivity contribution in [1.29, 1.82) is 0 Å². The maximum absolute atomic E-state index is 11.9. The van der Waals surface area contributed by atoms with E-state index in [9.17, 15) is 4.79 Å². The molecule has 0 aliphatic rings. The molecule has 0 radical (unpaired) electrons. The third-order valence-corrected chi connectivity index (χ3v) is 2.05. The van der Waals surface area contributed by atoms with E-state index < -0.39 is 5.60 Å². The van der Waals surface area contributed by atoms with Crippen molar-refractivity contribution < 1.29 is 14.6 Å². The highest BCUT2D eigenvalue weighted by Gasteiger charge is 2.16. The Balaban J connectivity index is 2.81. The highest BCUT2D eigenvalue weighted by molar-refractivity contribution is 5.98. The van der Waals surface area contributed by atoms with E-state index in [4.69, 9.17) is 9.78 Å². The molecule has 17 heavy (non-hydrogen) atoms. The van der Waals surface area contributed by atoms with E-state index in [1.165, 1.54) is 0 Å². The number of carbonyl (C=O) groups excluding carboxylic acids is 1. The van der Waals surface area contributed by atoms with E-state index in [0.717, 1.165) is 6.42 Å². The summed E-state index contributed by atoms with van der Waals surface area (Å²) >= 11 is 0. The molecule has 0 saturated carbocycles. The Labute approximate surface area is 103 Å². The fourth-order valence-electron chi connectivity index (χ4n) is 1.30. The van der Waals surface area contributed by atoms with Gasteiger partial charge in [-0.15, -0.1) is 0 Å². The van der Waals surface area contributed by atoms with E-state index >= 15 is 0 Å². The molecule has 0 amide bonds. The van der Waals surface area contributed by atoms with Crippen LogP contribution in [0.2, 0.25) is 0 Å². The minimum absolute atomic E-state index is 0.0839. The third-order valence-electron chi connectivity index (χ3n) is 2.05. The molecule has 1 aromatic carbocycles. The average molecular weight is 236 g/mol. The summed E-state index contributed by atoms with van der Waals surface area (Å²) < 4.78 is 0. The molecule has 0 saturated heterocycles. The van der Waals surface area contributed by atoms with Crippen LogP contribution in [0.4, 0.5) is 0 Å². The van der Waals surface area contributed by atoms with Gasteiger partial charge in [0.05, 0.1) is 5.56 Å². The summed E-state index contributed by atoms with van der Waals surface area (Å²) in [7, 11) is 0. The van der Waals surface area contributed by atoms with Crippen LogP contribution in [0.25, 0.3) is 0 Å². The minimum atomic E-state index is -0.402. The zero-order valence-electron chi connectivity index (χ0n) is 10.9. The molecule has 0 atom stereocenters. The van der Waals surface area contributed by atoms with Crippen LogP contribution in [0.1, 0.15) is 50.9 Å². The first-order valence-electron chi connectivity index (χ1n) is 5.92. The van der Waals surface area contributed by atoms with Gasteiger partial charge in [-0.1, -0.05) is 19.1 Å². The maximum Gasteiger partial charge on any atom is 0.176 e. The molecule has 0 spiro atoms. The predicted molar refractivity (Wildman–Crippen MR) is 67.1 cm³/mol. The summed E-state index contributed by atoms with van der Waals surface area (Å²) in [6, 6.07) is 7.16. The number of ketones is 1. The van der Waals surface area contributed by atoms with Crippen LogP contribution < -0.4 is 4.89 Å². The number of hydrogen-bond acceptors (Lipinski definition) is 3. The van der Waals surface area contributed by atoms with Gasteiger partial charge in [0.2, 0.25) is 0 Å². The molecule has 3 nitrogen and oxygen atoms in total. The number of para-hydroxylation sites is 1. The van der Waals surface area contributed by atoms with Crippen LogP contribution in [0.5, 0.6) is 5.75 Å². The molecule has 0 aromatic heterocycles. The smallest absolute Gasteiger partial charge is 0.176 e. The second-order valence-electron chi connectivity index (χ2n) is 4.95. The summed E-state index contributed by atoms with van der Waals surface area (Å²) in [6.07, 6.45) is 1.35. The van der Waals surface area contributed by atoms with Gasteiger partial charge in [0.15, 0.2) is 11.5 Å². The van der Waals surface area contributed by atoms with Crippen molar-refractivity contribution in [3.63, 3.8) is 0 Å². The predicted octanol–water partition coefficient (Wildman–Crippen LogP) is 3.78. The van der Waals surface area contributed by atoms with E-state index in [-0.39, 0.29) is 5.78 Å². The Morgan fingerprint density at radius 2 is 1.88 bits per heavy atom. The fraction of sp³-hybridized carbons (Fsp3) is 0.500. The van der Waals surface area contributed by atoms with E-state index in [2.05, 4.69) is 0 Å². The molecule has 0 bridgehead atoms. The second kappa shape index (κ2) is 5.82. The van der Waals surface area contributed by atoms with Gasteiger partial charge >= 0.3 is 0 Å². The van der Waals surface area contributed by atoms with E-state index in [1.807, 2.05) is 39.8 Å². The van der Waals surface area contributed by atoms with Crippen LogP contribution in [0.15, 0.2) is 24.3 Å². The Morgan fingerprint density at radius 3 is 2.47 bits per heavy atom.